The predicted molar refractivity (Wildman–Crippen MR) is 101 cm³/mol. The fraction of sp³-hybridized carbons (Fsp3) is 0.706. The molecule has 0 saturated carbocycles. The van der Waals surface area contributed by atoms with E-state index in [1.54, 1.807) is 0 Å². The molecule has 2 atom stereocenters. The molecule has 1 fully saturated rings. The number of hydrogen-bond acceptors (Lipinski definition) is 7. The van der Waals surface area contributed by atoms with Crippen LogP contribution in [0.1, 0.15) is 47.0 Å². The van der Waals surface area contributed by atoms with E-state index in [-0.39, 0.29) is 25.1 Å². The second-order valence-corrected chi connectivity index (χ2v) is 4.97. The van der Waals surface area contributed by atoms with E-state index < -0.39 is 12.2 Å². The number of rotatable bonds is 7. The molecule has 0 radical (unpaired) electrons. The number of aliphatic imine (C=N–C) groups is 1. The number of esters is 1. The minimum absolute atomic E-state index is 0.114. The van der Waals surface area contributed by atoms with Crippen LogP contribution in [0.3, 0.4) is 0 Å². The van der Waals surface area contributed by atoms with Crippen LogP contribution in [0, 0.1) is 0 Å². The quantitative estimate of drug-likeness (QED) is 0.202. The average molecular weight is 374 g/mol. The van der Waals surface area contributed by atoms with Crippen molar-refractivity contribution in [3.8, 4) is 0 Å². The van der Waals surface area contributed by atoms with Crippen molar-refractivity contribution in [2.45, 2.75) is 59.3 Å². The van der Waals surface area contributed by atoms with Gasteiger partial charge in [-0.15, -0.1) is 0 Å². The van der Waals surface area contributed by atoms with E-state index >= 15 is 0 Å². The Morgan fingerprint density at radius 3 is 2.50 bits per heavy atom. The fourth-order valence-electron chi connectivity index (χ4n) is 1.79. The summed E-state index contributed by atoms with van der Waals surface area (Å²) in [4.78, 5) is 27.1. The van der Waals surface area contributed by atoms with Crippen LogP contribution in [-0.4, -0.2) is 60.9 Å². The predicted octanol–water partition coefficient (Wildman–Crippen LogP) is 1.42. The van der Waals surface area contributed by atoms with Crippen molar-refractivity contribution in [2.24, 2.45) is 10.7 Å². The number of hydroxylamine groups is 1. The second-order valence-electron chi connectivity index (χ2n) is 4.97. The maximum Gasteiger partial charge on any atom is 0.319 e. The van der Waals surface area contributed by atoms with Crippen LogP contribution >= 0.6 is 0 Å². The zero-order valence-corrected chi connectivity index (χ0v) is 16.5. The number of amides is 1. The number of nitrogens with two attached hydrogens (primary N) is 1. The molecule has 0 aromatic heterocycles. The first-order valence-electron chi connectivity index (χ1n) is 8.85. The Morgan fingerprint density at radius 1 is 1.42 bits per heavy atom. The Balaban J connectivity index is 0. The lowest BCUT2D eigenvalue weighted by Crippen LogP contribution is -2.31. The monoisotopic (exact) mass is 374 g/mol. The second kappa shape index (κ2) is 17.8. The first-order valence-corrected chi connectivity index (χ1v) is 8.85. The molecule has 4 N–H and O–H groups in total. The molecule has 0 bridgehead atoms. The van der Waals surface area contributed by atoms with Gasteiger partial charge in [-0.2, -0.15) is 0 Å². The van der Waals surface area contributed by atoms with Crippen molar-refractivity contribution < 1.29 is 24.3 Å². The van der Waals surface area contributed by atoms with E-state index in [4.69, 9.17) is 20.4 Å². The van der Waals surface area contributed by atoms with E-state index in [2.05, 4.69) is 18.8 Å². The molecule has 1 saturated heterocycles. The lowest BCUT2D eigenvalue weighted by Gasteiger charge is -2.21. The minimum Gasteiger partial charge on any atom is -0.462 e. The van der Waals surface area contributed by atoms with Gasteiger partial charge in [0, 0.05) is 13.2 Å². The van der Waals surface area contributed by atoms with Crippen molar-refractivity contribution in [1.29, 1.82) is 0 Å². The number of ether oxygens (including phenoxy) is 2. The number of carbonyl (C=O) groups is 2. The van der Waals surface area contributed by atoms with Gasteiger partial charge in [-0.05, 0) is 18.9 Å². The number of nitrogens with zero attached hydrogens (tertiary/aromatic N) is 2. The van der Waals surface area contributed by atoms with E-state index in [9.17, 15) is 9.59 Å². The molecule has 0 aromatic rings. The zero-order valence-electron chi connectivity index (χ0n) is 16.5. The Bertz CT molecular complexity index is 429. The molecular formula is C17H34N4O5. The number of hydrogen-bond donors (Lipinski definition) is 3. The number of carbonyl (C=O) groups excluding carboxylic acids is 2. The maximum absolute atomic E-state index is 11.1. The highest BCUT2D eigenvalue weighted by Gasteiger charge is 2.29. The van der Waals surface area contributed by atoms with Gasteiger partial charge in [0.15, 0.2) is 0 Å². The molecular weight excluding hydrogens is 340 g/mol. The van der Waals surface area contributed by atoms with Crippen molar-refractivity contribution in [2.75, 3.05) is 20.2 Å². The van der Waals surface area contributed by atoms with Crippen molar-refractivity contribution in [1.82, 2.24) is 10.4 Å². The first-order chi connectivity index (χ1) is 12.6. The summed E-state index contributed by atoms with van der Waals surface area (Å²) < 4.78 is 10.5. The Hall–Kier alpha value is -1.97. The van der Waals surface area contributed by atoms with E-state index in [0.29, 0.717) is 19.3 Å². The SMILES string of the molecule is CC.CCC.CN=C(/C=C\N(C=O)C1CCC(COC(=O)CN)O1)NO. The van der Waals surface area contributed by atoms with Crippen LogP contribution in [0.5, 0.6) is 0 Å². The third-order valence-corrected chi connectivity index (χ3v) is 2.90. The summed E-state index contributed by atoms with van der Waals surface area (Å²) in [6, 6.07) is 0. The first kappa shape index (κ1) is 26.3. The van der Waals surface area contributed by atoms with Crippen LogP contribution in [0.15, 0.2) is 17.3 Å². The maximum atomic E-state index is 11.1. The molecule has 1 rings (SSSR count). The molecule has 1 heterocycles. The molecule has 2 unspecified atom stereocenters. The van der Waals surface area contributed by atoms with Crippen LogP contribution in [-0.2, 0) is 19.1 Å². The molecule has 0 spiro atoms. The Kier molecular flexibility index (Phi) is 18.0. The lowest BCUT2D eigenvalue weighted by atomic mass is 10.2. The summed E-state index contributed by atoms with van der Waals surface area (Å²) in [5.41, 5.74) is 7.01. The summed E-state index contributed by atoms with van der Waals surface area (Å²) >= 11 is 0. The number of nitrogens with one attached hydrogen (secondary N) is 1. The van der Waals surface area contributed by atoms with Gasteiger partial charge in [-0.1, -0.05) is 34.1 Å². The highest BCUT2D eigenvalue weighted by Crippen LogP contribution is 2.22. The molecule has 152 valence electrons. The van der Waals surface area contributed by atoms with Crippen molar-refractivity contribution >= 4 is 18.2 Å². The van der Waals surface area contributed by atoms with Crippen molar-refractivity contribution in [3.63, 3.8) is 0 Å². The molecule has 26 heavy (non-hydrogen) atoms. The fourth-order valence-corrected chi connectivity index (χ4v) is 1.79. The average Bonchev–Trinajstić information content (AvgIpc) is 3.14. The summed E-state index contributed by atoms with van der Waals surface area (Å²) in [5, 5.41) is 8.74. The topological polar surface area (TPSA) is 126 Å². The van der Waals surface area contributed by atoms with E-state index in [0.717, 1.165) is 0 Å². The largest absolute Gasteiger partial charge is 0.462 e. The normalized spacial score (nSPS) is 19.0. The van der Waals surface area contributed by atoms with Crippen LogP contribution in [0.4, 0.5) is 0 Å². The van der Waals surface area contributed by atoms with Gasteiger partial charge in [0.2, 0.25) is 6.41 Å². The molecule has 9 nitrogen and oxygen atoms in total. The summed E-state index contributed by atoms with van der Waals surface area (Å²) in [7, 11) is 1.49. The molecule has 9 heteroatoms. The summed E-state index contributed by atoms with van der Waals surface area (Å²) in [6.45, 7) is 8.19. The van der Waals surface area contributed by atoms with Gasteiger partial charge in [0.05, 0.1) is 12.6 Å². The van der Waals surface area contributed by atoms with E-state index in [1.807, 2.05) is 19.3 Å². The summed E-state index contributed by atoms with van der Waals surface area (Å²) in [5.74, 6) is -0.291. The molecule has 0 aliphatic carbocycles. The zero-order chi connectivity index (χ0) is 20.4. The van der Waals surface area contributed by atoms with Crippen LogP contribution in [0.2, 0.25) is 0 Å². The van der Waals surface area contributed by atoms with E-state index in [1.165, 1.54) is 30.6 Å². The van der Waals surface area contributed by atoms with Crippen LogP contribution in [0.25, 0.3) is 0 Å². The van der Waals surface area contributed by atoms with Crippen LogP contribution < -0.4 is 11.2 Å². The lowest BCUT2D eigenvalue weighted by molar-refractivity contribution is -0.148. The van der Waals surface area contributed by atoms with Gasteiger partial charge in [0.1, 0.15) is 18.7 Å². The van der Waals surface area contributed by atoms with Gasteiger partial charge in [-0.25, -0.2) is 0 Å². The van der Waals surface area contributed by atoms with Gasteiger partial charge >= 0.3 is 5.97 Å². The highest BCUT2D eigenvalue weighted by atomic mass is 16.6. The molecule has 1 aliphatic heterocycles. The van der Waals surface area contributed by atoms with Gasteiger partial charge < -0.3 is 15.2 Å². The Labute approximate surface area is 156 Å². The summed E-state index contributed by atoms with van der Waals surface area (Å²) in [6.07, 6.45) is 5.29. The number of amidine groups is 1. The highest BCUT2D eigenvalue weighted by molar-refractivity contribution is 5.91. The third kappa shape index (κ3) is 11.6. The standard InChI is InChI=1S/C12H20N4O5.C3H8.C2H6/c1-14-10(15-19)4-5-16(8-17)11-3-2-9(21-11)7-20-12(18)6-13;1-3-2;1-2/h4-5,8-9,11,19H,2-3,6-7,13H2,1H3,(H,14,15);3H2,1-2H3;1-2H3/b5-4-;;. The smallest absolute Gasteiger partial charge is 0.319 e. The molecule has 0 aromatic carbocycles. The molecule has 1 aliphatic rings. The Morgan fingerprint density at radius 2 is 2.04 bits per heavy atom. The minimum atomic E-state index is -0.494. The van der Waals surface area contributed by atoms with Gasteiger partial charge in [0.25, 0.3) is 0 Å². The molecule has 1 amide bonds. The van der Waals surface area contributed by atoms with Crippen molar-refractivity contribution in [3.05, 3.63) is 12.3 Å². The van der Waals surface area contributed by atoms with Gasteiger partial charge in [-0.3, -0.25) is 30.2 Å². The third-order valence-electron chi connectivity index (χ3n) is 2.90.